The summed E-state index contributed by atoms with van der Waals surface area (Å²) in [4.78, 5) is 0. The second-order valence-corrected chi connectivity index (χ2v) is 8.31. The minimum Gasteiger partial charge on any atom is -0.376 e. The molecule has 0 spiro atoms. The molecule has 1 fully saturated rings. The smallest absolute Gasteiger partial charge is 0.250 e. The predicted molar refractivity (Wildman–Crippen MR) is 72.5 cm³/mol. The molecule has 0 saturated carbocycles. The Hall–Kier alpha value is 0.01000. The lowest BCUT2D eigenvalue weighted by molar-refractivity contribution is -0.0846. The molecule has 0 bridgehead atoms. The summed E-state index contributed by atoms with van der Waals surface area (Å²) in [6.45, 7) is 3.60. The molecule has 1 N–H and O–H groups in total. The van der Waals surface area contributed by atoms with Gasteiger partial charge in [0.15, 0.2) is 0 Å². The standard InChI is InChI=1S/C10H14BrNO4S2/c1-7-4-9(17-10(7)11)18(13,14)12-5-8-6-15-2-3-16-8/h4,8,12H,2-3,5-6H2,1H3. The molecule has 0 radical (unpaired) electrons. The molecule has 1 aromatic rings. The normalized spacial score (nSPS) is 21.1. The van der Waals surface area contributed by atoms with Crippen LogP contribution in [0.5, 0.6) is 0 Å². The molecule has 102 valence electrons. The van der Waals surface area contributed by atoms with Crippen LogP contribution in [0.2, 0.25) is 0 Å². The highest BCUT2D eigenvalue weighted by Crippen LogP contribution is 2.30. The van der Waals surface area contributed by atoms with E-state index in [1.165, 1.54) is 11.3 Å². The van der Waals surface area contributed by atoms with Crippen molar-refractivity contribution in [2.75, 3.05) is 26.4 Å². The van der Waals surface area contributed by atoms with Gasteiger partial charge >= 0.3 is 0 Å². The van der Waals surface area contributed by atoms with Gasteiger partial charge in [0, 0.05) is 6.54 Å². The first-order valence-electron chi connectivity index (χ1n) is 5.44. The Labute approximate surface area is 119 Å². The van der Waals surface area contributed by atoms with E-state index in [1.54, 1.807) is 6.07 Å². The molecule has 5 nitrogen and oxygen atoms in total. The van der Waals surface area contributed by atoms with Gasteiger partial charge in [-0.25, -0.2) is 13.1 Å². The van der Waals surface area contributed by atoms with Crippen molar-refractivity contribution in [3.63, 3.8) is 0 Å². The van der Waals surface area contributed by atoms with Crippen LogP contribution in [0, 0.1) is 6.92 Å². The summed E-state index contributed by atoms with van der Waals surface area (Å²) in [5.74, 6) is 0. The Bertz CT molecular complexity index is 488. The van der Waals surface area contributed by atoms with E-state index in [2.05, 4.69) is 20.7 Å². The molecule has 1 unspecified atom stereocenters. The third-order valence-electron chi connectivity index (χ3n) is 2.49. The van der Waals surface area contributed by atoms with Gasteiger partial charge in [-0.15, -0.1) is 11.3 Å². The first-order valence-corrected chi connectivity index (χ1v) is 8.53. The van der Waals surface area contributed by atoms with E-state index >= 15 is 0 Å². The van der Waals surface area contributed by atoms with Gasteiger partial charge < -0.3 is 9.47 Å². The fourth-order valence-electron chi connectivity index (χ4n) is 1.49. The molecule has 1 saturated heterocycles. The average molecular weight is 356 g/mol. The van der Waals surface area contributed by atoms with E-state index < -0.39 is 10.0 Å². The predicted octanol–water partition coefficient (Wildman–Crippen LogP) is 1.51. The summed E-state index contributed by atoms with van der Waals surface area (Å²) in [5, 5.41) is 0. The molecule has 0 aliphatic carbocycles. The first-order chi connectivity index (χ1) is 8.49. The van der Waals surface area contributed by atoms with Crippen molar-refractivity contribution in [3.8, 4) is 0 Å². The maximum atomic E-state index is 12.0. The monoisotopic (exact) mass is 355 g/mol. The quantitative estimate of drug-likeness (QED) is 0.888. The molecule has 2 heterocycles. The highest BCUT2D eigenvalue weighted by atomic mass is 79.9. The third-order valence-corrected chi connectivity index (χ3v) is 6.52. The zero-order chi connectivity index (χ0) is 13.2. The van der Waals surface area contributed by atoms with Crippen molar-refractivity contribution in [3.05, 3.63) is 15.4 Å². The molecule has 1 aliphatic rings. The number of thiophene rings is 1. The Balaban J connectivity index is 1.98. The summed E-state index contributed by atoms with van der Waals surface area (Å²) in [6, 6.07) is 1.65. The molecule has 0 amide bonds. The maximum Gasteiger partial charge on any atom is 0.250 e. The van der Waals surface area contributed by atoms with Crippen LogP contribution in [-0.4, -0.2) is 40.9 Å². The van der Waals surface area contributed by atoms with E-state index in [0.29, 0.717) is 24.0 Å². The van der Waals surface area contributed by atoms with Gasteiger partial charge in [0.25, 0.3) is 0 Å². The number of nitrogens with one attached hydrogen (secondary N) is 1. The van der Waals surface area contributed by atoms with E-state index in [9.17, 15) is 8.42 Å². The SMILES string of the molecule is Cc1cc(S(=O)(=O)NCC2COCCO2)sc1Br. The van der Waals surface area contributed by atoms with Crippen molar-refractivity contribution in [1.82, 2.24) is 4.72 Å². The largest absolute Gasteiger partial charge is 0.376 e. The average Bonchev–Trinajstić information content (AvgIpc) is 2.70. The second kappa shape index (κ2) is 5.98. The fourth-order valence-corrected chi connectivity index (χ4v) is 4.83. The Morgan fingerprint density at radius 2 is 2.33 bits per heavy atom. The number of hydrogen-bond acceptors (Lipinski definition) is 5. The van der Waals surface area contributed by atoms with Crippen LogP contribution in [0.4, 0.5) is 0 Å². The van der Waals surface area contributed by atoms with Gasteiger partial charge in [-0.1, -0.05) is 0 Å². The molecule has 8 heteroatoms. The van der Waals surface area contributed by atoms with Gasteiger partial charge in [-0.2, -0.15) is 0 Å². The number of halogens is 1. The fraction of sp³-hybridized carbons (Fsp3) is 0.600. The summed E-state index contributed by atoms with van der Waals surface area (Å²) in [7, 11) is -3.46. The van der Waals surface area contributed by atoms with Gasteiger partial charge in [-0.05, 0) is 34.5 Å². The summed E-state index contributed by atoms with van der Waals surface area (Å²) in [5.41, 5.74) is 0.914. The van der Waals surface area contributed by atoms with Gasteiger partial charge in [0.05, 0.1) is 29.7 Å². The maximum absolute atomic E-state index is 12.0. The van der Waals surface area contributed by atoms with Crippen LogP contribution in [0.25, 0.3) is 0 Å². The molecule has 1 aromatic heterocycles. The lowest BCUT2D eigenvalue weighted by Gasteiger charge is -2.22. The number of aryl methyl sites for hydroxylation is 1. The van der Waals surface area contributed by atoms with Crippen molar-refractivity contribution in [2.24, 2.45) is 0 Å². The number of sulfonamides is 1. The van der Waals surface area contributed by atoms with E-state index in [-0.39, 0.29) is 12.6 Å². The molecule has 1 atom stereocenters. The summed E-state index contributed by atoms with van der Waals surface area (Å²) >= 11 is 4.52. The number of rotatable bonds is 4. The lowest BCUT2D eigenvalue weighted by Crippen LogP contribution is -2.39. The Morgan fingerprint density at radius 1 is 1.56 bits per heavy atom. The number of ether oxygens (including phenoxy) is 2. The van der Waals surface area contributed by atoms with Crippen LogP contribution in [0.1, 0.15) is 5.56 Å². The van der Waals surface area contributed by atoms with Crippen LogP contribution in [-0.2, 0) is 19.5 Å². The molecule has 2 rings (SSSR count). The minimum absolute atomic E-state index is 0.210. The second-order valence-electron chi connectivity index (χ2n) is 3.94. The van der Waals surface area contributed by atoms with Gasteiger partial charge in [-0.3, -0.25) is 0 Å². The Morgan fingerprint density at radius 3 is 2.89 bits per heavy atom. The molecular weight excluding hydrogens is 342 g/mol. The lowest BCUT2D eigenvalue weighted by atomic mass is 10.3. The highest BCUT2D eigenvalue weighted by molar-refractivity contribution is 9.11. The van der Waals surface area contributed by atoms with Crippen LogP contribution >= 0.6 is 27.3 Å². The molecule has 1 aliphatic heterocycles. The molecular formula is C10H14BrNO4S2. The van der Waals surface area contributed by atoms with E-state index in [0.717, 1.165) is 9.35 Å². The van der Waals surface area contributed by atoms with Crippen molar-refractivity contribution >= 4 is 37.3 Å². The zero-order valence-corrected chi connectivity index (χ0v) is 13.0. The minimum atomic E-state index is -3.46. The topological polar surface area (TPSA) is 64.6 Å². The summed E-state index contributed by atoms with van der Waals surface area (Å²) < 4.78 is 38.3. The van der Waals surface area contributed by atoms with Crippen LogP contribution < -0.4 is 4.72 Å². The Kier molecular flexibility index (Phi) is 4.79. The first kappa shape index (κ1) is 14.4. The van der Waals surface area contributed by atoms with Gasteiger partial charge in [0.1, 0.15) is 4.21 Å². The molecule has 18 heavy (non-hydrogen) atoms. The van der Waals surface area contributed by atoms with Crippen LogP contribution in [0.15, 0.2) is 14.1 Å². The third kappa shape index (κ3) is 3.52. The highest BCUT2D eigenvalue weighted by Gasteiger charge is 2.21. The van der Waals surface area contributed by atoms with E-state index in [1.807, 2.05) is 6.92 Å². The van der Waals surface area contributed by atoms with Crippen molar-refractivity contribution in [2.45, 2.75) is 17.2 Å². The van der Waals surface area contributed by atoms with E-state index in [4.69, 9.17) is 9.47 Å². The number of hydrogen-bond donors (Lipinski definition) is 1. The summed E-state index contributed by atoms with van der Waals surface area (Å²) in [6.07, 6.45) is -0.210. The van der Waals surface area contributed by atoms with Crippen molar-refractivity contribution in [1.29, 1.82) is 0 Å². The van der Waals surface area contributed by atoms with Crippen LogP contribution in [0.3, 0.4) is 0 Å². The van der Waals surface area contributed by atoms with Gasteiger partial charge in [0.2, 0.25) is 10.0 Å². The van der Waals surface area contributed by atoms with Crippen molar-refractivity contribution < 1.29 is 17.9 Å². The molecule has 0 aromatic carbocycles. The zero-order valence-electron chi connectivity index (χ0n) is 9.81.